The predicted octanol–water partition coefficient (Wildman–Crippen LogP) is 4.68. The van der Waals surface area contributed by atoms with Crippen LogP contribution in [0.5, 0.6) is 0 Å². The molecule has 196 valence electrons. The molecule has 9 nitrogen and oxygen atoms in total. The van der Waals surface area contributed by atoms with E-state index in [1.807, 2.05) is 12.1 Å². The number of carbonyl (C=O) groups is 4. The minimum absolute atomic E-state index is 0.0489. The minimum atomic E-state index is -1.30. The van der Waals surface area contributed by atoms with Gasteiger partial charge in [-0.1, -0.05) is 103 Å². The van der Waals surface area contributed by atoms with Crippen LogP contribution in [0.15, 0.2) is 91.0 Å². The molecule has 0 aromatic heterocycles. The lowest BCUT2D eigenvalue weighted by Crippen LogP contribution is -2.52. The van der Waals surface area contributed by atoms with Gasteiger partial charge in [0.25, 0.3) is 0 Å². The van der Waals surface area contributed by atoms with Crippen molar-refractivity contribution in [1.82, 2.24) is 10.0 Å². The Morgan fingerprint density at radius 1 is 0.763 bits per heavy atom. The van der Waals surface area contributed by atoms with E-state index in [1.165, 1.54) is 7.11 Å². The van der Waals surface area contributed by atoms with Gasteiger partial charge in [-0.25, -0.2) is 19.4 Å². The maximum atomic E-state index is 13.3. The molecule has 0 saturated carbocycles. The van der Waals surface area contributed by atoms with Gasteiger partial charge in [-0.15, -0.1) is 0 Å². The summed E-state index contributed by atoms with van der Waals surface area (Å²) >= 11 is 0.845. The van der Waals surface area contributed by atoms with Crippen LogP contribution in [0.2, 0.25) is 0 Å². The number of nitrogens with zero attached hydrogens (tertiary/aromatic N) is 2. The van der Waals surface area contributed by atoms with Crippen molar-refractivity contribution in [3.05, 3.63) is 108 Å². The molecule has 3 aromatic rings. The van der Waals surface area contributed by atoms with Crippen molar-refractivity contribution in [1.29, 1.82) is 0 Å². The van der Waals surface area contributed by atoms with Gasteiger partial charge < -0.3 is 14.2 Å². The van der Waals surface area contributed by atoms with Gasteiger partial charge in [-0.3, -0.25) is 4.79 Å². The molecule has 10 heteroatoms. The van der Waals surface area contributed by atoms with E-state index in [4.69, 9.17) is 14.2 Å². The molecule has 1 aliphatic heterocycles. The molecule has 0 aliphatic carbocycles. The number of hydrazine groups is 1. The number of ether oxygens (including phenoxy) is 3. The Kier molecular flexibility index (Phi) is 8.99. The highest BCUT2D eigenvalue weighted by Crippen LogP contribution is 2.33. The summed E-state index contributed by atoms with van der Waals surface area (Å²) in [6, 6.07) is 25.2. The Morgan fingerprint density at radius 3 is 1.79 bits per heavy atom. The molecule has 1 saturated heterocycles. The molecule has 3 aromatic carbocycles. The first-order valence-electron chi connectivity index (χ1n) is 11.8. The van der Waals surface area contributed by atoms with Gasteiger partial charge in [0.15, 0.2) is 6.04 Å². The first kappa shape index (κ1) is 26.7. The van der Waals surface area contributed by atoms with Gasteiger partial charge in [-0.2, -0.15) is 5.01 Å². The Labute approximate surface area is 224 Å². The third-order valence-corrected chi connectivity index (χ3v) is 6.91. The summed E-state index contributed by atoms with van der Waals surface area (Å²) in [5.41, 5.74) is 1.88. The summed E-state index contributed by atoms with van der Waals surface area (Å²) in [5.74, 6) is -0.793. The number of rotatable bonds is 7. The van der Waals surface area contributed by atoms with Crippen LogP contribution >= 0.6 is 11.8 Å². The molecule has 0 bridgehead atoms. The van der Waals surface area contributed by atoms with Gasteiger partial charge in [0.2, 0.25) is 5.12 Å². The van der Waals surface area contributed by atoms with Crippen molar-refractivity contribution >= 4 is 35.0 Å². The van der Waals surface area contributed by atoms with E-state index >= 15 is 0 Å². The third-order valence-electron chi connectivity index (χ3n) is 5.75. The van der Waals surface area contributed by atoms with Crippen molar-refractivity contribution < 1.29 is 33.4 Å². The number of carbonyl (C=O) groups excluding carboxylic acids is 4. The van der Waals surface area contributed by atoms with Crippen LogP contribution in [0, 0.1) is 0 Å². The maximum Gasteiger partial charge on any atom is 0.430 e. The Morgan fingerprint density at radius 2 is 1.26 bits per heavy atom. The van der Waals surface area contributed by atoms with Gasteiger partial charge >= 0.3 is 18.2 Å². The highest BCUT2D eigenvalue weighted by Gasteiger charge is 2.52. The number of amides is 2. The fourth-order valence-corrected chi connectivity index (χ4v) is 4.99. The average Bonchev–Trinajstić information content (AvgIpc) is 3.35. The molecule has 0 N–H and O–H groups in total. The topological polar surface area (TPSA) is 102 Å². The molecule has 1 heterocycles. The summed E-state index contributed by atoms with van der Waals surface area (Å²) in [6.07, 6.45) is -1.81. The van der Waals surface area contributed by atoms with Gasteiger partial charge in [0.1, 0.15) is 13.2 Å². The predicted molar refractivity (Wildman–Crippen MR) is 140 cm³/mol. The zero-order valence-corrected chi connectivity index (χ0v) is 21.4. The average molecular weight is 535 g/mol. The second-order valence-corrected chi connectivity index (χ2v) is 9.50. The lowest BCUT2D eigenvalue weighted by molar-refractivity contribution is -0.148. The zero-order chi connectivity index (χ0) is 26.9. The highest BCUT2D eigenvalue weighted by molar-refractivity contribution is 8.14. The SMILES string of the molecule is COC(=O)C1C(SC(=O)c2ccccc2)CN(C(=O)OCc2ccccc2)N1C(=O)OCc1ccccc1. The van der Waals surface area contributed by atoms with Crippen LogP contribution in [-0.2, 0) is 32.2 Å². The summed E-state index contributed by atoms with van der Waals surface area (Å²) in [4.78, 5) is 52.3. The molecule has 2 atom stereocenters. The molecule has 2 amide bonds. The van der Waals surface area contributed by atoms with E-state index in [9.17, 15) is 19.2 Å². The molecular formula is C28H26N2O7S. The number of thioether (sulfide) groups is 1. The van der Waals surface area contributed by atoms with E-state index in [-0.39, 0.29) is 24.9 Å². The molecule has 4 rings (SSSR count). The van der Waals surface area contributed by atoms with Crippen LogP contribution in [0.1, 0.15) is 21.5 Å². The van der Waals surface area contributed by atoms with E-state index in [1.54, 1.807) is 78.9 Å². The van der Waals surface area contributed by atoms with Gasteiger partial charge in [0.05, 0.1) is 18.9 Å². The fourth-order valence-electron chi connectivity index (χ4n) is 3.87. The molecule has 1 fully saturated rings. The second kappa shape index (κ2) is 12.8. The Bertz CT molecular complexity index is 1260. The van der Waals surface area contributed by atoms with Crippen LogP contribution in [-0.4, -0.2) is 58.2 Å². The van der Waals surface area contributed by atoms with E-state index in [0.717, 1.165) is 32.9 Å². The number of hydrogen-bond donors (Lipinski definition) is 0. The normalized spacial score (nSPS) is 16.6. The maximum absolute atomic E-state index is 13.3. The second-order valence-electron chi connectivity index (χ2n) is 8.28. The first-order valence-corrected chi connectivity index (χ1v) is 12.7. The van der Waals surface area contributed by atoms with Crippen molar-refractivity contribution in [3.63, 3.8) is 0 Å². The smallest absolute Gasteiger partial charge is 0.430 e. The number of benzene rings is 3. The molecular weight excluding hydrogens is 508 g/mol. The zero-order valence-electron chi connectivity index (χ0n) is 20.6. The van der Waals surface area contributed by atoms with Gasteiger partial charge in [0, 0.05) is 5.56 Å². The van der Waals surface area contributed by atoms with E-state index in [0.29, 0.717) is 5.56 Å². The number of esters is 1. The van der Waals surface area contributed by atoms with E-state index < -0.39 is 29.4 Å². The van der Waals surface area contributed by atoms with Crippen LogP contribution < -0.4 is 0 Å². The van der Waals surface area contributed by atoms with Crippen molar-refractivity contribution in [2.45, 2.75) is 24.5 Å². The first-order chi connectivity index (χ1) is 18.5. The summed E-state index contributed by atoms with van der Waals surface area (Å²) in [7, 11) is 1.17. The monoisotopic (exact) mass is 534 g/mol. The van der Waals surface area contributed by atoms with Crippen molar-refractivity contribution in [3.8, 4) is 0 Å². The van der Waals surface area contributed by atoms with Crippen molar-refractivity contribution in [2.75, 3.05) is 13.7 Å². The molecule has 2 unspecified atom stereocenters. The molecule has 38 heavy (non-hydrogen) atoms. The number of hydrogen-bond acceptors (Lipinski definition) is 8. The third kappa shape index (κ3) is 6.51. The quantitative estimate of drug-likeness (QED) is 0.318. The summed E-state index contributed by atoms with van der Waals surface area (Å²) in [6.45, 7) is -0.290. The van der Waals surface area contributed by atoms with Gasteiger partial charge in [-0.05, 0) is 11.1 Å². The van der Waals surface area contributed by atoms with Crippen LogP contribution in [0.4, 0.5) is 9.59 Å². The molecule has 0 spiro atoms. The summed E-state index contributed by atoms with van der Waals surface area (Å²) in [5, 5.41) is 0.733. The lowest BCUT2D eigenvalue weighted by atomic mass is 10.2. The number of methoxy groups -OCH3 is 1. The van der Waals surface area contributed by atoms with Crippen molar-refractivity contribution in [2.24, 2.45) is 0 Å². The van der Waals surface area contributed by atoms with Crippen LogP contribution in [0.3, 0.4) is 0 Å². The molecule has 1 aliphatic rings. The van der Waals surface area contributed by atoms with E-state index in [2.05, 4.69) is 0 Å². The Balaban J connectivity index is 1.58. The highest BCUT2D eigenvalue weighted by atomic mass is 32.2. The standard InChI is InChI=1S/C28H26N2O7S/c1-35-25(31)24-23(38-26(32)22-15-9-4-10-16-22)17-29(27(33)36-18-20-11-5-2-6-12-20)30(24)28(34)37-19-21-13-7-3-8-14-21/h2-16,23-24H,17-19H2,1H3. The largest absolute Gasteiger partial charge is 0.467 e. The fraction of sp³-hybridized carbons (Fsp3) is 0.214. The Hall–Kier alpha value is -4.31. The van der Waals surface area contributed by atoms with Crippen LogP contribution in [0.25, 0.3) is 0 Å². The lowest BCUT2D eigenvalue weighted by Gasteiger charge is -2.29. The minimum Gasteiger partial charge on any atom is -0.467 e. The molecule has 0 radical (unpaired) electrons. The summed E-state index contributed by atoms with van der Waals surface area (Å²) < 4.78 is 15.9.